The van der Waals surface area contributed by atoms with Crippen molar-refractivity contribution in [3.8, 4) is 0 Å². The molecule has 2 aliphatic heterocycles. The molecular weight excluding hydrogens is 296 g/mol. The molecule has 0 aromatic carbocycles. The van der Waals surface area contributed by atoms with E-state index in [9.17, 15) is 5.11 Å². The van der Waals surface area contributed by atoms with E-state index >= 15 is 0 Å². The molecule has 2 aliphatic rings. The Balaban J connectivity index is 1.76. The number of fused-ring (bicyclic) bond motifs is 2. The van der Waals surface area contributed by atoms with Gasteiger partial charge in [0.15, 0.2) is 8.32 Å². The highest BCUT2D eigenvalue weighted by molar-refractivity contribution is 8.00. The Morgan fingerprint density at radius 2 is 1.76 bits per heavy atom. The molecule has 0 saturated carbocycles. The van der Waals surface area contributed by atoms with Gasteiger partial charge in [0, 0.05) is 17.1 Å². The minimum absolute atomic E-state index is 0.280. The summed E-state index contributed by atoms with van der Waals surface area (Å²) >= 11 is 2.14. The van der Waals surface area contributed by atoms with E-state index in [0.29, 0.717) is 10.5 Å². The summed E-state index contributed by atoms with van der Waals surface area (Å²) in [5.41, 5.74) is -0.405. The monoisotopic (exact) mass is 330 g/mol. The maximum atomic E-state index is 10.9. The van der Waals surface area contributed by atoms with Gasteiger partial charge in [-0.05, 0) is 56.7 Å². The average molecular weight is 331 g/mol. The van der Waals surface area contributed by atoms with Crippen molar-refractivity contribution in [1.82, 2.24) is 0 Å². The van der Waals surface area contributed by atoms with Gasteiger partial charge in [0.05, 0.1) is 5.60 Å². The van der Waals surface area contributed by atoms with Crippen LogP contribution in [0.5, 0.6) is 0 Å². The van der Waals surface area contributed by atoms with E-state index in [1.165, 1.54) is 19.3 Å². The van der Waals surface area contributed by atoms with Gasteiger partial charge in [-0.1, -0.05) is 27.2 Å². The van der Waals surface area contributed by atoms with Crippen molar-refractivity contribution >= 4 is 20.1 Å². The quantitative estimate of drug-likeness (QED) is 0.570. The van der Waals surface area contributed by atoms with Gasteiger partial charge in [0.25, 0.3) is 0 Å². The molecule has 124 valence electrons. The molecule has 0 amide bonds. The van der Waals surface area contributed by atoms with E-state index in [1.54, 1.807) is 0 Å². The third kappa shape index (κ3) is 4.73. The standard InChI is InChI=1S/C17H34O2SSi/c1-16(2,3)21(4,5)19-11-7-10-17(18)12-14-8-6-9-15(13-17)20-14/h14-15,18H,6-13H2,1-5H3. The molecular formula is C17H34O2SSi. The lowest BCUT2D eigenvalue weighted by molar-refractivity contribution is -0.000239. The van der Waals surface area contributed by atoms with E-state index in [1.807, 2.05) is 0 Å². The summed E-state index contributed by atoms with van der Waals surface area (Å²) in [5, 5.41) is 12.6. The maximum absolute atomic E-state index is 10.9. The van der Waals surface area contributed by atoms with E-state index < -0.39 is 13.9 Å². The van der Waals surface area contributed by atoms with Crippen LogP contribution in [0.3, 0.4) is 0 Å². The first-order chi connectivity index (χ1) is 9.61. The van der Waals surface area contributed by atoms with Crippen molar-refractivity contribution < 1.29 is 9.53 Å². The van der Waals surface area contributed by atoms with Crippen molar-refractivity contribution in [2.45, 2.75) is 100.0 Å². The molecule has 0 aliphatic carbocycles. The summed E-state index contributed by atoms with van der Waals surface area (Å²) < 4.78 is 6.25. The van der Waals surface area contributed by atoms with Gasteiger partial charge in [-0.3, -0.25) is 0 Å². The van der Waals surface area contributed by atoms with E-state index in [0.717, 1.165) is 32.3 Å². The fourth-order valence-corrected chi connectivity index (χ4v) is 6.41. The largest absolute Gasteiger partial charge is 0.417 e. The summed E-state index contributed by atoms with van der Waals surface area (Å²) in [7, 11) is -1.62. The van der Waals surface area contributed by atoms with E-state index in [4.69, 9.17) is 4.43 Å². The third-order valence-corrected chi connectivity index (χ3v) is 11.8. The number of hydrogen-bond donors (Lipinski definition) is 1. The lowest BCUT2D eigenvalue weighted by Crippen LogP contribution is -2.43. The van der Waals surface area contributed by atoms with Gasteiger partial charge in [-0.2, -0.15) is 11.8 Å². The first kappa shape index (κ1) is 17.8. The Labute approximate surface area is 136 Å². The fraction of sp³-hybridized carbons (Fsp3) is 1.00. The number of thioether (sulfide) groups is 1. The van der Waals surface area contributed by atoms with Gasteiger partial charge in [-0.25, -0.2) is 0 Å². The Hall–Kier alpha value is 0.487. The number of rotatable bonds is 5. The van der Waals surface area contributed by atoms with Gasteiger partial charge >= 0.3 is 0 Å². The van der Waals surface area contributed by atoms with Crippen molar-refractivity contribution in [2.75, 3.05) is 6.61 Å². The Morgan fingerprint density at radius 3 is 2.29 bits per heavy atom. The van der Waals surface area contributed by atoms with E-state index in [2.05, 4.69) is 45.6 Å². The van der Waals surface area contributed by atoms with Crippen molar-refractivity contribution in [3.63, 3.8) is 0 Å². The van der Waals surface area contributed by atoms with Gasteiger partial charge in [0.2, 0.25) is 0 Å². The zero-order chi connectivity index (χ0) is 15.7. The predicted molar refractivity (Wildman–Crippen MR) is 95.6 cm³/mol. The Morgan fingerprint density at radius 1 is 1.19 bits per heavy atom. The van der Waals surface area contributed by atoms with Crippen LogP contribution in [0.15, 0.2) is 0 Å². The van der Waals surface area contributed by atoms with Crippen LogP contribution < -0.4 is 0 Å². The summed E-state index contributed by atoms with van der Waals surface area (Å²) in [6.07, 6.45) is 7.94. The minimum atomic E-state index is -1.62. The lowest BCUT2D eigenvalue weighted by Gasteiger charge is -2.44. The van der Waals surface area contributed by atoms with Crippen LogP contribution in [-0.2, 0) is 4.43 Å². The van der Waals surface area contributed by atoms with Crippen molar-refractivity contribution in [1.29, 1.82) is 0 Å². The lowest BCUT2D eigenvalue weighted by atomic mass is 9.82. The second-order valence-electron chi connectivity index (χ2n) is 8.66. The minimum Gasteiger partial charge on any atom is -0.417 e. The number of hydrogen-bond acceptors (Lipinski definition) is 3. The first-order valence-electron chi connectivity index (χ1n) is 8.63. The molecule has 21 heavy (non-hydrogen) atoms. The normalized spacial score (nSPS) is 34.0. The molecule has 2 heterocycles. The van der Waals surface area contributed by atoms with E-state index in [-0.39, 0.29) is 5.04 Å². The van der Waals surface area contributed by atoms with Crippen LogP contribution in [0.4, 0.5) is 0 Å². The zero-order valence-corrected chi connectivity index (χ0v) is 16.4. The molecule has 0 aromatic heterocycles. The predicted octanol–water partition coefficient (Wildman–Crippen LogP) is 4.97. The topological polar surface area (TPSA) is 29.5 Å². The van der Waals surface area contributed by atoms with Crippen LogP contribution in [-0.4, -0.2) is 36.1 Å². The molecule has 2 saturated heterocycles. The number of aliphatic hydroxyl groups is 1. The highest BCUT2D eigenvalue weighted by Gasteiger charge is 2.41. The second kappa shape index (κ2) is 6.54. The van der Waals surface area contributed by atoms with Gasteiger partial charge in [-0.15, -0.1) is 0 Å². The van der Waals surface area contributed by atoms with Gasteiger partial charge < -0.3 is 9.53 Å². The smallest absolute Gasteiger partial charge is 0.191 e. The highest BCUT2D eigenvalue weighted by atomic mass is 32.2. The molecule has 0 radical (unpaired) electrons. The van der Waals surface area contributed by atoms with Crippen LogP contribution in [0.2, 0.25) is 18.1 Å². The van der Waals surface area contributed by atoms with Crippen molar-refractivity contribution in [3.05, 3.63) is 0 Å². The molecule has 0 aromatic rings. The molecule has 2 fully saturated rings. The highest BCUT2D eigenvalue weighted by Crippen LogP contribution is 2.47. The first-order valence-corrected chi connectivity index (χ1v) is 12.5. The van der Waals surface area contributed by atoms with Gasteiger partial charge in [0.1, 0.15) is 0 Å². The fourth-order valence-electron chi connectivity index (χ4n) is 3.36. The second-order valence-corrected chi connectivity index (χ2v) is 15.1. The maximum Gasteiger partial charge on any atom is 0.191 e. The van der Waals surface area contributed by atoms with Crippen molar-refractivity contribution in [2.24, 2.45) is 0 Å². The molecule has 0 spiro atoms. The Kier molecular flexibility index (Phi) is 5.56. The SMILES string of the molecule is CC(C)(C)[Si](C)(C)OCCCC1(O)CC2CCCC(C1)S2. The van der Waals surface area contributed by atoms with Crippen LogP contribution in [0.25, 0.3) is 0 Å². The summed E-state index contributed by atoms with van der Waals surface area (Å²) in [5.74, 6) is 0. The van der Waals surface area contributed by atoms with Crippen LogP contribution >= 0.6 is 11.8 Å². The zero-order valence-electron chi connectivity index (χ0n) is 14.6. The summed E-state index contributed by atoms with van der Waals surface area (Å²) in [6.45, 7) is 12.3. The third-order valence-electron chi connectivity index (χ3n) is 5.71. The summed E-state index contributed by atoms with van der Waals surface area (Å²) in [6, 6.07) is 0. The Bertz CT molecular complexity index is 339. The molecule has 2 atom stereocenters. The van der Waals surface area contributed by atoms with Crippen LogP contribution in [0.1, 0.15) is 65.7 Å². The molecule has 1 N–H and O–H groups in total. The molecule has 2 bridgehead atoms. The van der Waals surface area contributed by atoms with Crippen LogP contribution in [0, 0.1) is 0 Å². The molecule has 2 unspecified atom stereocenters. The molecule has 2 nitrogen and oxygen atoms in total. The summed E-state index contributed by atoms with van der Waals surface area (Å²) in [4.78, 5) is 0. The average Bonchev–Trinajstić information content (AvgIpc) is 2.32. The molecule has 2 rings (SSSR count). The molecule has 4 heteroatoms.